The van der Waals surface area contributed by atoms with Crippen LogP contribution in [0.1, 0.15) is 71.1 Å². The average molecular weight is 519 g/mol. The number of carboxylic acids is 1. The molecule has 200 valence electrons. The Labute approximate surface area is 222 Å². The van der Waals surface area contributed by atoms with Crippen molar-refractivity contribution >= 4 is 11.9 Å². The van der Waals surface area contributed by atoms with Crippen LogP contribution in [0, 0.1) is 5.92 Å². The lowest BCUT2D eigenvalue weighted by atomic mass is 9.75. The number of oxazole rings is 1. The zero-order valence-electron chi connectivity index (χ0n) is 21.3. The van der Waals surface area contributed by atoms with Crippen LogP contribution in [0.25, 0.3) is 0 Å². The number of unbranched alkanes of at least 4 members (excludes halogenated alkanes) is 1. The highest BCUT2D eigenvalue weighted by Crippen LogP contribution is 2.50. The Morgan fingerprint density at radius 1 is 0.974 bits per heavy atom. The van der Waals surface area contributed by atoms with Crippen LogP contribution in [-0.2, 0) is 28.8 Å². The van der Waals surface area contributed by atoms with E-state index in [9.17, 15) is 14.7 Å². The maximum atomic E-state index is 12.7. The number of hydrogen-bond acceptors (Lipinski definition) is 6. The molecule has 2 fully saturated rings. The van der Waals surface area contributed by atoms with Gasteiger partial charge in [0.05, 0.1) is 18.1 Å². The molecule has 38 heavy (non-hydrogen) atoms. The Bertz CT molecular complexity index is 1250. The number of fused-ring (bicyclic) bond motifs is 2. The number of phenols is 1. The molecule has 2 saturated heterocycles. The van der Waals surface area contributed by atoms with E-state index in [-0.39, 0.29) is 47.8 Å². The standard InChI is InChI=1S/C30H34N2O6/c33-22-11-8-19(9-12-22)5-3-4-16-31-29(36)24-18-37-30(32-24)28-23(25-13-14-26(28)38-25)17-21-7-2-1-6-20(21)10-15-27(34)35/h1-2,6-9,11-12,18,23,25-26,28,33H,3-5,10,13-17H2,(H,31,36)(H,34,35). The van der Waals surface area contributed by atoms with E-state index in [1.165, 1.54) is 6.26 Å². The molecule has 1 aromatic heterocycles. The molecule has 3 heterocycles. The van der Waals surface area contributed by atoms with E-state index in [0.717, 1.165) is 55.2 Å². The molecule has 8 nitrogen and oxygen atoms in total. The summed E-state index contributed by atoms with van der Waals surface area (Å²) in [5.41, 5.74) is 3.62. The van der Waals surface area contributed by atoms with Gasteiger partial charge in [-0.1, -0.05) is 36.4 Å². The number of aliphatic carboxylic acids is 1. The number of benzene rings is 2. The molecule has 1 amide bonds. The molecule has 2 aliphatic rings. The Morgan fingerprint density at radius 2 is 1.74 bits per heavy atom. The van der Waals surface area contributed by atoms with Gasteiger partial charge in [-0.05, 0) is 73.8 Å². The van der Waals surface area contributed by atoms with Crippen LogP contribution in [0.3, 0.4) is 0 Å². The lowest BCUT2D eigenvalue weighted by Crippen LogP contribution is -2.28. The van der Waals surface area contributed by atoms with Crippen LogP contribution < -0.4 is 5.32 Å². The van der Waals surface area contributed by atoms with Gasteiger partial charge in [0.2, 0.25) is 5.89 Å². The zero-order chi connectivity index (χ0) is 26.5. The summed E-state index contributed by atoms with van der Waals surface area (Å²) < 4.78 is 12.1. The van der Waals surface area contributed by atoms with Gasteiger partial charge >= 0.3 is 5.97 Å². The molecular weight excluding hydrogens is 484 g/mol. The van der Waals surface area contributed by atoms with E-state index >= 15 is 0 Å². The zero-order valence-corrected chi connectivity index (χ0v) is 21.3. The van der Waals surface area contributed by atoms with Crippen molar-refractivity contribution < 1.29 is 29.0 Å². The summed E-state index contributed by atoms with van der Waals surface area (Å²) in [4.78, 5) is 28.4. The van der Waals surface area contributed by atoms with Crippen LogP contribution >= 0.6 is 0 Å². The van der Waals surface area contributed by atoms with Crippen LogP contribution in [0.15, 0.2) is 59.2 Å². The smallest absolute Gasteiger partial charge is 0.303 e. The van der Waals surface area contributed by atoms with Gasteiger partial charge in [0.25, 0.3) is 5.91 Å². The third-order valence-electron chi connectivity index (χ3n) is 7.76. The van der Waals surface area contributed by atoms with Gasteiger partial charge < -0.3 is 24.7 Å². The van der Waals surface area contributed by atoms with Gasteiger partial charge in [0.1, 0.15) is 12.0 Å². The molecule has 2 aliphatic heterocycles. The highest BCUT2D eigenvalue weighted by Gasteiger charge is 2.51. The quantitative estimate of drug-likeness (QED) is 0.298. The molecule has 5 rings (SSSR count). The molecule has 2 bridgehead atoms. The molecule has 0 saturated carbocycles. The number of aromatic nitrogens is 1. The number of aromatic hydroxyl groups is 1. The number of ether oxygens (including phenoxy) is 1. The van der Waals surface area contributed by atoms with Crippen LogP contribution in [-0.4, -0.2) is 45.8 Å². The van der Waals surface area contributed by atoms with Crippen LogP contribution in [0.5, 0.6) is 5.75 Å². The monoisotopic (exact) mass is 518 g/mol. The number of amides is 1. The van der Waals surface area contributed by atoms with Gasteiger partial charge in [-0.15, -0.1) is 0 Å². The van der Waals surface area contributed by atoms with E-state index in [1.807, 2.05) is 30.3 Å². The van der Waals surface area contributed by atoms with Crippen molar-refractivity contribution in [3.63, 3.8) is 0 Å². The number of carboxylic acid groups (broad SMARTS) is 1. The Balaban J connectivity index is 1.18. The second kappa shape index (κ2) is 11.8. The van der Waals surface area contributed by atoms with E-state index in [4.69, 9.17) is 14.3 Å². The van der Waals surface area contributed by atoms with Crippen LogP contribution in [0.2, 0.25) is 0 Å². The maximum Gasteiger partial charge on any atom is 0.303 e. The summed E-state index contributed by atoms with van der Waals surface area (Å²) in [7, 11) is 0. The van der Waals surface area contributed by atoms with Gasteiger partial charge in [-0.2, -0.15) is 0 Å². The minimum atomic E-state index is -0.802. The maximum absolute atomic E-state index is 12.7. The first-order chi connectivity index (χ1) is 18.5. The second-order valence-corrected chi connectivity index (χ2v) is 10.3. The predicted octanol–water partition coefficient (Wildman–Crippen LogP) is 4.65. The summed E-state index contributed by atoms with van der Waals surface area (Å²) in [5.74, 6) is -0.116. The fraction of sp³-hybridized carbons (Fsp3) is 0.433. The molecule has 3 aromatic rings. The van der Waals surface area contributed by atoms with E-state index in [0.29, 0.717) is 18.9 Å². The summed E-state index contributed by atoms with van der Waals surface area (Å²) in [6, 6.07) is 15.2. The fourth-order valence-electron chi connectivity index (χ4n) is 5.83. The number of carbonyl (C=O) groups is 2. The number of nitrogens with zero attached hydrogens (tertiary/aromatic N) is 1. The normalized spacial score (nSPS) is 22.0. The number of carbonyl (C=O) groups excluding carboxylic acids is 1. The highest BCUT2D eigenvalue weighted by molar-refractivity contribution is 5.91. The van der Waals surface area contributed by atoms with Crippen molar-refractivity contribution in [1.29, 1.82) is 0 Å². The van der Waals surface area contributed by atoms with Crippen molar-refractivity contribution in [3.8, 4) is 5.75 Å². The summed E-state index contributed by atoms with van der Waals surface area (Å²) >= 11 is 0. The summed E-state index contributed by atoms with van der Waals surface area (Å²) in [5, 5.41) is 21.4. The Hall–Kier alpha value is -3.65. The predicted molar refractivity (Wildman–Crippen MR) is 140 cm³/mol. The number of aryl methyl sites for hydroxylation is 2. The van der Waals surface area contributed by atoms with Gasteiger partial charge in [-0.3, -0.25) is 9.59 Å². The highest BCUT2D eigenvalue weighted by atomic mass is 16.5. The Morgan fingerprint density at radius 3 is 2.53 bits per heavy atom. The van der Waals surface area contributed by atoms with Crippen molar-refractivity contribution in [2.75, 3.05) is 6.54 Å². The summed E-state index contributed by atoms with van der Waals surface area (Å²) in [6.07, 6.45) is 7.49. The minimum absolute atomic E-state index is 0.0191. The SMILES string of the molecule is O=C(O)CCc1ccccc1CC1C2CCC(O2)C1c1nc(C(=O)NCCCCc2ccc(O)cc2)co1. The van der Waals surface area contributed by atoms with Gasteiger partial charge in [0, 0.05) is 18.9 Å². The number of phenolic OH excluding ortho intramolecular Hbond substituents is 1. The van der Waals surface area contributed by atoms with Crippen molar-refractivity contribution in [2.24, 2.45) is 5.92 Å². The Kier molecular flexibility index (Phi) is 8.08. The molecule has 4 atom stereocenters. The molecule has 2 aromatic carbocycles. The fourth-order valence-corrected chi connectivity index (χ4v) is 5.83. The average Bonchev–Trinajstić information content (AvgIpc) is 3.66. The number of nitrogens with one attached hydrogen (secondary N) is 1. The summed E-state index contributed by atoms with van der Waals surface area (Å²) in [6.45, 7) is 0.548. The number of rotatable bonds is 12. The first-order valence-electron chi connectivity index (χ1n) is 13.4. The molecule has 3 N–H and O–H groups in total. The molecular formula is C30H34N2O6. The molecule has 0 radical (unpaired) electrons. The van der Waals surface area contributed by atoms with Crippen molar-refractivity contribution in [3.05, 3.63) is 83.1 Å². The lowest BCUT2D eigenvalue weighted by molar-refractivity contribution is -0.136. The van der Waals surface area contributed by atoms with Crippen molar-refractivity contribution in [1.82, 2.24) is 10.3 Å². The van der Waals surface area contributed by atoms with E-state index in [2.05, 4.69) is 16.4 Å². The van der Waals surface area contributed by atoms with Gasteiger partial charge in [0.15, 0.2) is 5.69 Å². The topological polar surface area (TPSA) is 122 Å². The molecule has 4 unspecified atom stereocenters. The second-order valence-electron chi connectivity index (χ2n) is 10.3. The van der Waals surface area contributed by atoms with Gasteiger partial charge in [-0.25, -0.2) is 4.98 Å². The third-order valence-corrected chi connectivity index (χ3v) is 7.76. The molecule has 0 spiro atoms. The van der Waals surface area contributed by atoms with E-state index in [1.54, 1.807) is 12.1 Å². The third kappa shape index (κ3) is 6.07. The first kappa shape index (κ1) is 26.0. The minimum Gasteiger partial charge on any atom is -0.508 e. The lowest BCUT2D eigenvalue weighted by Gasteiger charge is -2.26. The first-order valence-corrected chi connectivity index (χ1v) is 13.4. The molecule has 8 heteroatoms. The number of hydrogen-bond donors (Lipinski definition) is 3. The largest absolute Gasteiger partial charge is 0.508 e. The van der Waals surface area contributed by atoms with Crippen molar-refractivity contribution in [2.45, 2.75) is 69.5 Å². The molecule has 0 aliphatic carbocycles. The van der Waals surface area contributed by atoms with E-state index < -0.39 is 5.97 Å². The van der Waals surface area contributed by atoms with Crippen LogP contribution in [0.4, 0.5) is 0 Å².